The molecule has 1 saturated carbocycles. The molecule has 1 atom stereocenters. The van der Waals surface area contributed by atoms with Crippen LogP contribution in [-0.2, 0) is 11.8 Å². The molecule has 0 radical (unpaired) electrons. The van der Waals surface area contributed by atoms with Gasteiger partial charge in [-0.05, 0) is 36.5 Å². The molecular formula is C18H24N2O. The molecular weight excluding hydrogens is 260 g/mol. The molecule has 3 heteroatoms. The number of benzene rings is 1. The number of hydrogen-bond donors (Lipinski definition) is 2. The van der Waals surface area contributed by atoms with Crippen molar-refractivity contribution in [1.29, 1.82) is 0 Å². The van der Waals surface area contributed by atoms with Gasteiger partial charge in [0.25, 0.3) is 0 Å². The van der Waals surface area contributed by atoms with E-state index < -0.39 is 0 Å². The molecule has 1 aliphatic carbocycles. The molecule has 3 nitrogen and oxygen atoms in total. The number of nitrogens with two attached hydrogens (primary N) is 1. The first kappa shape index (κ1) is 14.4. The average molecular weight is 284 g/mol. The van der Waals surface area contributed by atoms with Gasteiger partial charge in [0.1, 0.15) is 0 Å². The molecule has 1 aromatic heterocycles. The Hall–Kier alpha value is -1.58. The van der Waals surface area contributed by atoms with Crippen LogP contribution in [0.4, 0.5) is 0 Å². The maximum atomic E-state index is 5.96. The fourth-order valence-corrected chi connectivity index (χ4v) is 3.85. The van der Waals surface area contributed by atoms with Gasteiger partial charge in [0.2, 0.25) is 0 Å². The van der Waals surface area contributed by atoms with Crippen LogP contribution in [0.2, 0.25) is 0 Å². The van der Waals surface area contributed by atoms with E-state index in [0.717, 1.165) is 6.42 Å². The molecule has 1 unspecified atom stereocenters. The molecule has 1 aliphatic rings. The Morgan fingerprint density at radius 3 is 2.48 bits per heavy atom. The first-order valence-electron chi connectivity index (χ1n) is 7.88. The zero-order valence-corrected chi connectivity index (χ0v) is 12.4. The number of rotatable bonds is 5. The second kappa shape index (κ2) is 6.46. The molecule has 2 aromatic rings. The molecule has 112 valence electrons. The van der Waals surface area contributed by atoms with E-state index in [1.165, 1.54) is 43.2 Å². The Balaban J connectivity index is 1.93. The molecule has 0 spiro atoms. The van der Waals surface area contributed by atoms with Crippen LogP contribution in [0.3, 0.4) is 0 Å². The molecule has 1 heterocycles. The molecule has 3 rings (SSSR count). The third-order valence-electron chi connectivity index (χ3n) is 4.98. The Morgan fingerprint density at radius 1 is 1.10 bits per heavy atom. The summed E-state index contributed by atoms with van der Waals surface area (Å²) < 4.78 is 5.22. The van der Waals surface area contributed by atoms with Gasteiger partial charge in [-0.1, -0.05) is 49.6 Å². The fraction of sp³-hybridized carbons (Fsp3) is 0.444. The zero-order chi connectivity index (χ0) is 14.5. The molecule has 21 heavy (non-hydrogen) atoms. The number of hydrazine groups is 1. The summed E-state index contributed by atoms with van der Waals surface area (Å²) in [6.07, 6.45) is 10.7. The lowest BCUT2D eigenvalue weighted by Gasteiger charge is -2.44. The molecule has 0 bridgehead atoms. The summed E-state index contributed by atoms with van der Waals surface area (Å²) in [5, 5.41) is 0. The van der Waals surface area contributed by atoms with Crippen LogP contribution < -0.4 is 11.3 Å². The van der Waals surface area contributed by atoms with Crippen molar-refractivity contribution < 1.29 is 4.42 Å². The van der Waals surface area contributed by atoms with Crippen molar-refractivity contribution in [2.45, 2.75) is 50.0 Å². The van der Waals surface area contributed by atoms with E-state index in [4.69, 9.17) is 10.3 Å². The van der Waals surface area contributed by atoms with Crippen molar-refractivity contribution in [3.8, 4) is 0 Å². The maximum Gasteiger partial charge on any atom is 0.0935 e. The highest BCUT2D eigenvalue weighted by Crippen LogP contribution is 2.43. The summed E-state index contributed by atoms with van der Waals surface area (Å²) in [5.41, 5.74) is 5.86. The minimum absolute atomic E-state index is 0.130. The third-order valence-corrected chi connectivity index (χ3v) is 4.98. The lowest BCUT2D eigenvalue weighted by atomic mass is 9.64. The highest BCUT2D eigenvalue weighted by atomic mass is 16.3. The summed E-state index contributed by atoms with van der Waals surface area (Å²) in [6.45, 7) is 0. The second-order valence-electron chi connectivity index (χ2n) is 6.14. The molecule has 0 aliphatic heterocycles. The van der Waals surface area contributed by atoms with Crippen molar-refractivity contribution in [3.05, 3.63) is 60.1 Å². The minimum Gasteiger partial charge on any atom is -0.472 e. The Bertz CT molecular complexity index is 530. The van der Waals surface area contributed by atoms with Gasteiger partial charge < -0.3 is 4.42 Å². The van der Waals surface area contributed by atoms with Crippen LogP contribution >= 0.6 is 0 Å². The molecule has 1 aromatic carbocycles. The monoisotopic (exact) mass is 284 g/mol. The zero-order valence-electron chi connectivity index (χ0n) is 12.4. The summed E-state index contributed by atoms with van der Waals surface area (Å²) in [6, 6.07) is 13.1. The number of hydrogen-bond acceptors (Lipinski definition) is 3. The Labute approximate surface area is 126 Å². The number of nitrogens with one attached hydrogen (secondary N) is 1. The van der Waals surface area contributed by atoms with Gasteiger partial charge in [0.05, 0.1) is 12.5 Å². The van der Waals surface area contributed by atoms with E-state index in [1.54, 1.807) is 6.26 Å². The molecule has 0 saturated heterocycles. The first-order chi connectivity index (χ1) is 10.3. The average Bonchev–Trinajstić information content (AvgIpc) is 3.07. The van der Waals surface area contributed by atoms with Gasteiger partial charge in [-0.3, -0.25) is 11.3 Å². The summed E-state index contributed by atoms with van der Waals surface area (Å²) in [7, 11) is 0. The van der Waals surface area contributed by atoms with E-state index >= 15 is 0 Å². The normalized spacial score (nSPS) is 19.3. The third kappa shape index (κ3) is 2.89. The molecule has 1 fully saturated rings. The van der Waals surface area contributed by atoms with Crippen LogP contribution in [0.5, 0.6) is 0 Å². The fourth-order valence-electron chi connectivity index (χ4n) is 3.85. The van der Waals surface area contributed by atoms with Crippen molar-refractivity contribution >= 4 is 0 Å². The van der Waals surface area contributed by atoms with E-state index in [1.807, 2.05) is 12.3 Å². The Morgan fingerprint density at radius 2 is 1.86 bits per heavy atom. The van der Waals surface area contributed by atoms with Gasteiger partial charge in [-0.25, -0.2) is 0 Å². The first-order valence-corrected chi connectivity index (χ1v) is 7.88. The van der Waals surface area contributed by atoms with Crippen molar-refractivity contribution in [2.75, 3.05) is 0 Å². The lowest BCUT2D eigenvalue weighted by molar-refractivity contribution is 0.211. The highest BCUT2D eigenvalue weighted by molar-refractivity contribution is 5.29. The van der Waals surface area contributed by atoms with Gasteiger partial charge in [-0.15, -0.1) is 0 Å². The van der Waals surface area contributed by atoms with Crippen LogP contribution in [0.25, 0.3) is 0 Å². The largest absolute Gasteiger partial charge is 0.472 e. The van der Waals surface area contributed by atoms with E-state index in [0.29, 0.717) is 0 Å². The van der Waals surface area contributed by atoms with E-state index in [9.17, 15) is 0 Å². The summed E-state index contributed by atoms with van der Waals surface area (Å²) >= 11 is 0. The second-order valence-corrected chi connectivity index (χ2v) is 6.14. The highest BCUT2D eigenvalue weighted by Gasteiger charge is 2.40. The van der Waals surface area contributed by atoms with Crippen LogP contribution in [0.15, 0.2) is 53.3 Å². The maximum absolute atomic E-state index is 5.96. The molecule has 0 amide bonds. The topological polar surface area (TPSA) is 51.2 Å². The SMILES string of the molecule is NNC(Cc1ccoc1)C1(c2ccccc2)CCCCC1. The van der Waals surface area contributed by atoms with E-state index in [2.05, 4.69) is 35.8 Å². The van der Waals surface area contributed by atoms with Gasteiger partial charge >= 0.3 is 0 Å². The smallest absolute Gasteiger partial charge is 0.0935 e. The number of furan rings is 1. The van der Waals surface area contributed by atoms with Gasteiger partial charge in [0, 0.05) is 11.5 Å². The van der Waals surface area contributed by atoms with Crippen molar-refractivity contribution in [2.24, 2.45) is 5.84 Å². The van der Waals surface area contributed by atoms with Crippen molar-refractivity contribution in [3.63, 3.8) is 0 Å². The van der Waals surface area contributed by atoms with E-state index in [-0.39, 0.29) is 11.5 Å². The van der Waals surface area contributed by atoms with Crippen molar-refractivity contribution in [1.82, 2.24) is 5.43 Å². The lowest BCUT2D eigenvalue weighted by Crippen LogP contribution is -2.53. The quantitative estimate of drug-likeness (QED) is 0.652. The van der Waals surface area contributed by atoms with Gasteiger partial charge in [-0.2, -0.15) is 0 Å². The summed E-state index contributed by atoms with van der Waals surface area (Å²) in [5.74, 6) is 5.96. The van der Waals surface area contributed by atoms with Crippen LogP contribution in [0, 0.1) is 0 Å². The van der Waals surface area contributed by atoms with Crippen LogP contribution in [0.1, 0.15) is 43.2 Å². The van der Waals surface area contributed by atoms with Gasteiger partial charge in [0.15, 0.2) is 0 Å². The van der Waals surface area contributed by atoms with Crippen LogP contribution in [-0.4, -0.2) is 6.04 Å². The Kier molecular flexibility index (Phi) is 4.42. The summed E-state index contributed by atoms with van der Waals surface area (Å²) in [4.78, 5) is 0. The standard InChI is InChI=1S/C18H24N2O/c19-20-17(13-15-9-12-21-14-15)18(10-5-2-6-11-18)16-7-3-1-4-8-16/h1,3-4,7-9,12,14,17,20H,2,5-6,10-11,13,19H2. The predicted molar refractivity (Wildman–Crippen MR) is 84.7 cm³/mol. The minimum atomic E-state index is 0.130. The molecule has 3 N–H and O–H groups in total. The predicted octanol–water partition coefficient (Wildman–Crippen LogP) is 3.56.